The maximum Gasteiger partial charge on any atom is 0.174 e. The van der Waals surface area contributed by atoms with E-state index in [2.05, 4.69) is 44.8 Å². The van der Waals surface area contributed by atoms with E-state index >= 15 is 0 Å². The molecule has 0 aliphatic heterocycles. The van der Waals surface area contributed by atoms with Crippen molar-refractivity contribution in [2.24, 2.45) is 0 Å². The molecule has 22 heavy (non-hydrogen) atoms. The summed E-state index contributed by atoms with van der Waals surface area (Å²) in [7, 11) is 3.38. The summed E-state index contributed by atoms with van der Waals surface area (Å²) >= 11 is 3.87. The number of rotatable bonds is 5. The predicted molar refractivity (Wildman–Crippen MR) is 93.3 cm³/mol. The van der Waals surface area contributed by atoms with E-state index in [1.54, 1.807) is 14.2 Å². The number of hydrogen-bond donors (Lipinski definition) is 0. The van der Waals surface area contributed by atoms with E-state index in [-0.39, 0.29) is 6.29 Å². The first-order valence-electron chi connectivity index (χ1n) is 8.08. The Morgan fingerprint density at radius 1 is 1.14 bits per heavy atom. The van der Waals surface area contributed by atoms with Gasteiger partial charge in [0.05, 0.1) is 11.1 Å². The van der Waals surface area contributed by atoms with Gasteiger partial charge in [0.25, 0.3) is 0 Å². The highest BCUT2D eigenvalue weighted by Gasteiger charge is 2.25. The second-order valence-corrected chi connectivity index (χ2v) is 6.82. The van der Waals surface area contributed by atoms with Gasteiger partial charge < -0.3 is 14.0 Å². The lowest BCUT2D eigenvalue weighted by molar-refractivity contribution is -0.110. The molecular weight excluding hydrogens is 342 g/mol. The second kappa shape index (κ2) is 7.16. The minimum Gasteiger partial charge on any atom is -0.354 e. The van der Waals surface area contributed by atoms with E-state index in [1.165, 1.54) is 53.2 Å². The fourth-order valence-corrected chi connectivity index (χ4v) is 4.52. The summed E-state index contributed by atoms with van der Waals surface area (Å²) in [5, 5.41) is 1.37. The number of ether oxygens (including phenoxy) is 2. The molecule has 2 aromatic rings. The maximum atomic E-state index is 5.40. The van der Waals surface area contributed by atoms with Gasteiger partial charge in [0.15, 0.2) is 6.29 Å². The molecule has 1 aromatic carbocycles. The van der Waals surface area contributed by atoms with E-state index in [0.717, 1.165) is 0 Å². The molecule has 0 amide bonds. The van der Waals surface area contributed by atoms with Crippen molar-refractivity contribution in [1.82, 2.24) is 4.57 Å². The van der Waals surface area contributed by atoms with Gasteiger partial charge in [0.1, 0.15) is 0 Å². The Labute approximate surface area is 140 Å². The van der Waals surface area contributed by atoms with Crippen LogP contribution in [-0.4, -0.2) is 25.1 Å². The molecule has 0 N–H and O–H groups in total. The molecule has 0 bridgehead atoms. The molecule has 3 rings (SSSR count). The van der Waals surface area contributed by atoms with Crippen LogP contribution in [0.15, 0.2) is 28.9 Å². The number of fused-ring (bicyclic) bond motifs is 1. The number of nitrogens with zero attached hydrogens (tertiary/aromatic N) is 1. The van der Waals surface area contributed by atoms with Crippen molar-refractivity contribution in [1.29, 1.82) is 0 Å². The molecule has 1 aromatic heterocycles. The normalized spacial score (nSPS) is 16.7. The standard InChI is InChI=1S/C18H24BrNO2/c1-21-16(22-2)12-20-15-11-7-6-10-14(15)17(18(20)19)13-8-4-3-5-9-13/h6-7,10-11,13,16H,3-5,8-9,12H2,1-2H3. The summed E-state index contributed by atoms with van der Waals surface area (Å²) in [6, 6.07) is 8.67. The number of hydrogen-bond acceptors (Lipinski definition) is 2. The third kappa shape index (κ3) is 2.97. The first-order chi connectivity index (χ1) is 10.8. The molecule has 1 aliphatic rings. The summed E-state index contributed by atoms with van der Waals surface area (Å²) in [4.78, 5) is 0. The topological polar surface area (TPSA) is 23.4 Å². The van der Waals surface area contributed by atoms with Crippen LogP contribution in [0.3, 0.4) is 0 Å². The van der Waals surface area contributed by atoms with Crippen molar-refractivity contribution in [3.8, 4) is 0 Å². The summed E-state index contributed by atoms with van der Waals surface area (Å²) in [6.45, 7) is 0.695. The summed E-state index contributed by atoms with van der Waals surface area (Å²) in [5.41, 5.74) is 2.73. The van der Waals surface area contributed by atoms with Crippen LogP contribution in [0.4, 0.5) is 0 Å². The molecule has 1 saturated carbocycles. The number of benzene rings is 1. The highest BCUT2D eigenvalue weighted by atomic mass is 79.9. The molecule has 1 heterocycles. The Kier molecular flexibility index (Phi) is 5.21. The van der Waals surface area contributed by atoms with Crippen LogP contribution in [-0.2, 0) is 16.0 Å². The third-order valence-electron chi connectivity index (χ3n) is 4.82. The Hall–Kier alpha value is -0.840. The SMILES string of the molecule is COC(Cn1c(Br)c(C2CCCCC2)c2ccccc21)OC. The molecule has 1 aliphatic carbocycles. The fraction of sp³-hybridized carbons (Fsp3) is 0.556. The van der Waals surface area contributed by atoms with Gasteiger partial charge in [0.2, 0.25) is 0 Å². The first-order valence-corrected chi connectivity index (χ1v) is 8.87. The Morgan fingerprint density at radius 3 is 2.50 bits per heavy atom. The highest BCUT2D eigenvalue weighted by molar-refractivity contribution is 9.10. The minimum atomic E-state index is -0.230. The maximum absolute atomic E-state index is 5.40. The van der Waals surface area contributed by atoms with Crippen molar-refractivity contribution in [3.05, 3.63) is 34.4 Å². The Bertz CT molecular complexity index is 627. The van der Waals surface area contributed by atoms with Crippen molar-refractivity contribution in [2.75, 3.05) is 14.2 Å². The minimum absolute atomic E-state index is 0.230. The zero-order valence-electron chi connectivity index (χ0n) is 13.3. The molecule has 0 radical (unpaired) electrons. The number of para-hydroxylation sites is 1. The third-order valence-corrected chi connectivity index (χ3v) is 5.67. The lowest BCUT2D eigenvalue weighted by Crippen LogP contribution is -2.20. The van der Waals surface area contributed by atoms with Gasteiger partial charge in [-0.1, -0.05) is 37.5 Å². The first kappa shape index (κ1) is 16.0. The molecule has 0 atom stereocenters. The monoisotopic (exact) mass is 365 g/mol. The Balaban J connectivity index is 2.06. The summed E-state index contributed by atoms with van der Waals surface area (Å²) < 4.78 is 14.3. The fourth-order valence-electron chi connectivity index (χ4n) is 3.65. The molecule has 1 fully saturated rings. The van der Waals surface area contributed by atoms with Crippen LogP contribution >= 0.6 is 15.9 Å². The van der Waals surface area contributed by atoms with E-state index in [9.17, 15) is 0 Å². The van der Waals surface area contributed by atoms with Gasteiger partial charge in [0, 0.05) is 25.1 Å². The van der Waals surface area contributed by atoms with Crippen LogP contribution < -0.4 is 0 Å². The predicted octanol–water partition coefficient (Wildman–Crippen LogP) is 5.07. The molecule has 0 spiro atoms. The van der Waals surface area contributed by atoms with E-state index in [1.807, 2.05) is 0 Å². The van der Waals surface area contributed by atoms with Crippen LogP contribution in [0, 0.1) is 0 Å². The largest absolute Gasteiger partial charge is 0.354 e. The van der Waals surface area contributed by atoms with Crippen molar-refractivity contribution < 1.29 is 9.47 Å². The average Bonchev–Trinajstić information content (AvgIpc) is 2.85. The second-order valence-electron chi connectivity index (χ2n) is 6.07. The lowest BCUT2D eigenvalue weighted by atomic mass is 9.84. The van der Waals surface area contributed by atoms with Gasteiger partial charge in [-0.05, 0) is 46.3 Å². The lowest BCUT2D eigenvalue weighted by Gasteiger charge is -2.22. The Morgan fingerprint density at radius 2 is 1.82 bits per heavy atom. The average molecular weight is 366 g/mol. The zero-order valence-corrected chi connectivity index (χ0v) is 14.9. The molecule has 120 valence electrons. The zero-order chi connectivity index (χ0) is 15.5. The quantitative estimate of drug-likeness (QED) is 0.690. The van der Waals surface area contributed by atoms with Gasteiger partial charge in [-0.3, -0.25) is 0 Å². The summed E-state index contributed by atoms with van der Waals surface area (Å²) in [5.74, 6) is 0.665. The van der Waals surface area contributed by atoms with E-state index < -0.39 is 0 Å². The molecular formula is C18H24BrNO2. The number of methoxy groups -OCH3 is 2. The van der Waals surface area contributed by atoms with Crippen LogP contribution in [0.1, 0.15) is 43.6 Å². The van der Waals surface area contributed by atoms with Gasteiger partial charge in [-0.2, -0.15) is 0 Å². The van der Waals surface area contributed by atoms with E-state index in [0.29, 0.717) is 12.5 Å². The number of aromatic nitrogens is 1. The van der Waals surface area contributed by atoms with E-state index in [4.69, 9.17) is 9.47 Å². The van der Waals surface area contributed by atoms with Crippen LogP contribution in [0.25, 0.3) is 10.9 Å². The van der Waals surface area contributed by atoms with Crippen molar-refractivity contribution >= 4 is 26.8 Å². The van der Waals surface area contributed by atoms with Crippen molar-refractivity contribution in [3.63, 3.8) is 0 Å². The van der Waals surface area contributed by atoms with Crippen LogP contribution in [0.2, 0.25) is 0 Å². The molecule has 0 saturated heterocycles. The molecule has 3 nitrogen and oxygen atoms in total. The molecule has 4 heteroatoms. The van der Waals surface area contributed by atoms with Crippen LogP contribution in [0.5, 0.6) is 0 Å². The van der Waals surface area contributed by atoms with Gasteiger partial charge in [-0.25, -0.2) is 0 Å². The van der Waals surface area contributed by atoms with Crippen molar-refractivity contribution in [2.45, 2.75) is 50.9 Å². The van der Waals surface area contributed by atoms with Gasteiger partial charge in [-0.15, -0.1) is 0 Å². The number of halogens is 1. The highest BCUT2D eigenvalue weighted by Crippen LogP contribution is 2.42. The summed E-state index contributed by atoms with van der Waals surface area (Å²) in [6.07, 6.45) is 6.42. The smallest absolute Gasteiger partial charge is 0.174 e. The molecule has 0 unspecified atom stereocenters. The van der Waals surface area contributed by atoms with Gasteiger partial charge >= 0.3 is 0 Å².